The molecule has 2 bridgehead atoms. The first-order valence-corrected chi connectivity index (χ1v) is 44.7. The smallest absolute Gasteiger partial charge is 0.407 e. The number of ketones is 2. The number of methoxy groups -OCH3 is 1. The van der Waals surface area contributed by atoms with Gasteiger partial charge in [-0.15, -0.1) is 0 Å². The SMILES string of the molecule is CO[C@@H](CC1CCCC(C(=O)C(=O)N2CCCCC2)O1)/C(C)=C/C=C/C=C/[C@@H](C)C[C@@H](C)C(=O)C[C@H](O)/C(C)=C/[C@@H](C)CC[C@@H](CC[C@H]1CC[C@H](OC(=O)NCCOCCOCCN2C[C@@H]3CC2CN3CCOCCOCCOCCOCCC(=O)N2CCc3cc(Cn4nc(-c5ccc6oc(N)nc6c5)c5c(N)ncnc54)ccc3C2)CC1)OC=O. The van der Waals surface area contributed by atoms with E-state index >= 15 is 0 Å². The molecule has 3 unspecified atom stereocenters. The number of piperazine rings is 1. The van der Waals surface area contributed by atoms with Crippen LogP contribution < -0.4 is 16.8 Å². The number of nitrogens with one attached hydrogen (secondary N) is 1. The number of benzene rings is 2. The summed E-state index contributed by atoms with van der Waals surface area (Å²) < 4.78 is 65.4. The second-order valence-electron chi connectivity index (χ2n) is 34.0. The van der Waals surface area contributed by atoms with Crippen molar-refractivity contribution in [1.82, 2.24) is 49.6 Å². The van der Waals surface area contributed by atoms with E-state index in [4.69, 9.17) is 68.4 Å². The lowest BCUT2D eigenvalue weighted by molar-refractivity contribution is -0.157. The Morgan fingerprint density at radius 1 is 0.721 bits per heavy atom. The quantitative estimate of drug-likeness (QED) is 0.00923. The number of aliphatic hydroxyl groups excluding tert-OH is 1. The number of ether oxygens (including phenoxy) is 10. The Labute approximate surface area is 718 Å². The van der Waals surface area contributed by atoms with Crippen LogP contribution >= 0.6 is 0 Å². The predicted octanol–water partition coefficient (Wildman–Crippen LogP) is 10.9. The van der Waals surface area contributed by atoms with Crippen molar-refractivity contribution in [3.63, 3.8) is 0 Å². The van der Waals surface area contributed by atoms with Gasteiger partial charge in [0.2, 0.25) is 11.7 Å². The summed E-state index contributed by atoms with van der Waals surface area (Å²) in [5, 5.41) is 19.5. The number of hydrogen-bond acceptors (Lipinski definition) is 26. The van der Waals surface area contributed by atoms with E-state index in [-0.39, 0.29) is 66.3 Å². The van der Waals surface area contributed by atoms with Crippen molar-refractivity contribution < 1.29 is 85.7 Å². The van der Waals surface area contributed by atoms with Crippen LogP contribution in [0, 0.1) is 23.7 Å². The van der Waals surface area contributed by atoms with Crippen LogP contribution in [-0.4, -0.2) is 273 Å². The Morgan fingerprint density at radius 2 is 1.43 bits per heavy atom. The number of likely N-dealkylation sites (tertiary alicyclic amines) is 3. The number of rotatable bonds is 52. The highest BCUT2D eigenvalue weighted by Crippen LogP contribution is 2.36. The number of alkyl carbamates (subject to hydrolysis) is 1. The number of hydrogen-bond donors (Lipinski definition) is 4. The van der Waals surface area contributed by atoms with E-state index in [0.717, 1.165) is 137 Å². The van der Waals surface area contributed by atoms with Crippen LogP contribution in [0.15, 0.2) is 94.7 Å². The highest BCUT2D eigenvalue weighted by molar-refractivity contribution is 6.37. The minimum absolute atomic E-state index is 0.0202. The first-order valence-electron chi connectivity index (χ1n) is 44.7. The molecular formula is C92H134N12O18. The zero-order chi connectivity index (χ0) is 86.1. The maximum atomic E-state index is 13.3. The van der Waals surface area contributed by atoms with Crippen LogP contribution in [0.3, 0.4) is 0 Å². The van der Waals surface area contributed by atoms with Gasteiger partial charge in [0.15, 0.2) is 11.2 Å². The van der Waals surface area contributed by atoms with Crippen LogP contribution in [0.5, 0.6) is 0 Å². The van der Waals surface area contributed by atoms with E-state index < -0.39 is 30.0 Å². The number of anilines is 2. The fourth-order valence-corrected chi connectivity index (χ4v) is 17.8. The number of nitrogens with zero attached hydrogens (tertiary/aromatic N) is 9. The molecule has 1 saturated carbocycles. The Morgan fingerprint density at radius 3 is 2.13 bits per heavy atom. The molecule has 10 atom stereocenters. The maximum absolute atomic E-state index is 13.3. The maximum Gasteiger partial charge on any atom is 0.407 e. The highest BCUT2D eigenvalue weighted by Gasteiger charge is 2.43. The zero-order valence-corrected chi connectivity index (χ0v) is 72.8. The molecule has 1 aliphatic carbocycles. The van der Waals surface area contributed by atoms with Gasteiger partial charge in [-0.3, -0.25) is 33.8 Å². The van der Waals surface area contributed by atoms with Gasteiger partial charge in [-0.1, -0.05) is 75.4 Å². The number of oxazole rings is 1. The van der Waals surface area contributed by atoms with Gasteiger partial charge in [0.25, 0.3) is 18.4 Å². The van der Waals surface area contributed by atoms with Crippen LogP contribution in [0.1, 0.15) is 173 Å². The molecule has 5 aromatic rings. The molecule has 670 valence electrons. The summed E-state index contributed by atoms with van der Waals surface area (Å²) in [7, 11) is 1.67. The molecule has 3 aromatic heterocycles. The lowest BCUT2D eigenvalue weighted by atomic mass is 9.83. The summed E-state index contributed by atoms with van der Waals surface area (Å²) in [5.74, 6) is 0.0482. The van der Waals surface area contributed by atoms with Gasteiger partial charge in [-0.05, 0) is 187 Å². The number of carbonyl (C=O) groups is 6. The van der Waals surface area contributed by atoms with Gasteiger partial charge >= 0.3 is 6.09 Å². The van der Waals surface area contributed by atoms with Crippen molar-refractivity contribution >= 4 is 69.9 Å². The molecule has 6 N–H and O–H groups in total. The Bertz CT molecular complexity index is 4270. The number of Topliss-reactive ketones (excluding diaryl/α,β-unsaturated/α-hetero) is 2. The number of carbonyl (C=O) groups excluding carboxylic acids is 6. The van der Waals surface area contributed by atoms with Crippen molar-refractivity contribution in [1.29, 1.82) is 0 Å². The lowest BCUT2D eigenvalue weighted by Gasteiger charge is -2.34. The van der Waals surface area contributed by atoms with Crippen LogP contribution in [0.25, 0.3) is 33.4 Å². The summed E-state index contributed by atoms with van der Waals surface area (Å²) in [6.07, 6.45) is 25.9. The van der Waals surface area contributed by atoms with Crippen LogP contribution in [-0.2, 0) is 90.9 Å². The second kappa shape index (κ2) is 49.3. The summed E-state index contributed by atoms with van der Waals surface area (Å²) >= 11 is 0. The summed E-state index contributed by atoms with van der Waals surface area (Å²) in [6, 6.07) is 13.1. The Kier molecular flexibility index (Phi) is 38.1. The van der Waals surface area contributed by atoms with Crippen LogP contribution in [0.2, 0.25) is 0 Å². The van der Waals surface area contributed by atoms with E-state index in [9.17, 15) is 33.9 Å². The number of piperidine rings is 1. The zero-order valence-electron chi connectivity index (χ0n) is 72.8. The second-order valence-corrected chi connectivity index (χ2v) is 34.0. The normalized spacial score (nSPS) is 21.5. The Balaban J connectivity index is 0.441. The average molecular weight is 1700 g/mol. The summed E-state index contributed by atoms with van der Waals surface area (Å²) in [5.41, 5.74) is 20.6. The van der Waals surface area contributed by atoms with Crippen molar-refractivity contribution in [3.8, 4) is 11.3 Å². The van der Waals surface area contributed by atoms with E-state index in [1.54, 1.807) is 12.0 Å². The van der Waals surface area contributed by atoms with Crippen molar-refractivity contribution in [2.45, 2.75) is 225 Å². The minimum atomic E-state index is -0.877. The molecule has 122 heavy (non-hydrogen) atoms. The van der Waals surface area contributed by atoms with E-state index in [1.165, 1.54) is 18.3 Å². The number of amides is 3. The van der Waals surface area contributed by atoms with Gasteiger partial charge in [0.1, 0.15) is 47.5 Å². The average Bonchev–Trinajstić information content (AvgIpc) is 1.61. The fraction of sp³-hybridized carbons (Fsp3) is 0.652. The first-order chi connectivity index (χ1) is 59.2. The number of nitrogens with two attached hydrogens (primary N) is 2. The topological polar surface area (TPSA) is 362 Å². The molecule has 30 heteroatoms. The Hall–Kier alpha value is -8.40. The number of allylic oxidation sites excluding steroid dienone is 6. The van der Waals surface area contributed by atoms with Crippen molar-refractivity contribution in [2.75, 3.05) is 150 Å². The third-order valence-electron chi connectivity index (χ3n) is 24.9. The van der Waals surface area contributed by atoms with Gasteiger partial charge in [-0.25, -0.2) is 19.4 Å². The molecule has 0 radical (unpaired) electrons. The van der Waals surface area contributed by atoms with Gasteiger partial charge in [0, 0.05) is 102 Å². The van der Waals surface area contributed by atoms with Gasteiger partial charge in [-0.2, -0.15) is 10.1 Å². The number of aliphatic hydroxyl groups is 1. The molecule has 2 aromatic carbocycles. The minimum Gasteiger partial charge on any atom is -0.465 e. The summed E-state index contributed by atoms with van der Waals surface area (Å²) in [4.78, 5) is 98.4. The lowest BCUT2D eigenvalue weighted by Crippen LogP contribution is -2.48. The number of aromatic nitrogens is 5. The van der Waals surface area contributed by atoms with E-state index in [0.29, 0.717) is 209 Å². The van der Waals surface area contributed by atoms with Crippen molar-refractivity contribution in [3.05, 3.63) is 107 Å². The van der Waals surface area contributed by atoms with Crippen molar-refractivity contribution in [2.24, 2.45) is 23.7 Å². The molecule has 5 fully saturated rings. The van der Waals surface area contributed by atoms with Gasteiger partial charge < -0.3 is 83.5 Å². The third-order valence-corrected chi connectivity index (χ3v) is 24.9. The highest BCUT2D eigenvalue weighted by atomic mass is 16.6. The molecule has 0 spiro atoms. The molecular weight excluding hydrogens is 1560 g/mol. The fourth-order valence-electron chi connectivity index (χ4n) is 17.8. The van der Waals surface area contributed by atoms with E-state index in [2.05, 4.69) is 68.2 Å². The molecule has 30 nitrogen and oxygen atoms in total. The third kappa shape index (κ3) is 29.1. The van der Waals surface area contributed by atoms with Gasteiger partial charge in [0.05, 0.1) is 116 Å². The predicted molar refractivity (Wildman–Crippen MR) is 463 cm³/mol. The molecule has 6 aliphatic rings. The monoisotopic (exact) mass is 1690 g/mol. The van der Waals surface area contributed by atoms with Crippen LogP contribution in [0.4, 0.5) is 16.6 Å². The largest absolute Gasteiger partial charge is 0.465 e. The number of nitrogen functional groups attached to an aromatic ring is 2. The molecule has 11 rings (SSSR count). The molecule has 8 heterocycles. The first kappa shape index (κ1) is 94.3. The van der Waals surface area contributed by atoms with E-state index in [1.807, 2.05) is 78.9 Å². The summed E-state index contributed by atoms with van der Waals surface area (Å²) in [6.45, 7) is 23.3. The molecule has 5 aliphatic heterocycles. The number of fused-ring (bicyclic) bond motifs is 5. The molecule has 4 saturated heterocycles. The standard InChI is InChI=1S/C92H134N12O18/c1-63(14-9-7-10-15-65(3)83(112-6)55-77-16-13-17-82(120-77)87(109)90(110)100-33-11-8-12-34-100)50-66(4)79(106)56-80(107)67(5)51-64(2)18-25-75(119-62-105)26-20-68-21-27-76(28-22-68)121-92(111)95-32-39-114-43-44-115-40-36-101-59-74-54-73(101)60-102(74)37-41-116-45-47-118-49-48-117-46-42-113-38-31-84(108)103-35-30-70-52-69(19-23-72(70)58-103)57-104-89-85(88(93)96-61-97-89)86(99-104)71-24-29-81-78(53-71)98-91(94)122-81/h7,9-10,14-15,19,23-24,29,51-53,61-64,66,68,73-77,80,82-83,107H,8,11-13,16-18,20-22,25-28,30-50,54-60H2,1-6H3,(H2,94,98)(H,95,111)(H2,93,96,97)/b10-7+,14-9+,65-15+,67-51+/t63-,64+,66-,68-,73?,74+,75+,76-,77?,80+,82?,83+/m1/s1. The molecule has 3 amide bonds.